The second-order valence-electron chi connectivity index (χ2n) is 6.47. The van der Waals surface area contributed by atoms with Gasteiger partial charge >= 0.3 is 0 Å². The fraction of sp³-hybridized carbons (Fsp3) is 0.647. The summed E-state index contributed by atoms with van der Waals surface area (Å²) in [5.41, 5.74) is 0.357. The molecule has 1 aromatic carbocycles. The van der Waals surface area contributed by atoms with Gasteiger partial charge in [0.25, 0.3) is 0 Å². The Morgan fingerprint density at radius 3 is 2.52 bits per heavy atom. The maximum absolute atomic E-state index is 14.1. The molecule has 2 aliphatic rings. The molecule has 4 heteroatoms. The number of benzene rings is 1. The number of aliphatic hydroxyl groups excluding tert-OH is 1. The van der Waals surface area contributed by atoms with Crippen LogP contribution in [0.15, 0.2) is 24.3 Å². The predicted molar refractivity (Wildman–Crippen MR) is 83.0 cm³/mol. The molecule has 1 atom stereocenters. The topological polar surface area (TPSA) is 35.5 Å². The van der Waals surface area contributed by atoms with Gasteiger partial charge in [-0.3, -0.25) is 0 Å². The maximum Gasteiger partial charge on any atom is 0.146 e. The van der Waals surface area contributed by atoms with Crippen molar-refractivity contribution < 1.29 is 9.50 Å². The van der Waals surface area contributed by atoms with Crippen molar-refractivity contribution in [2.24, 2.45) is 5.92 Å². The molecule has 3 nitrogen and oxygen atoms in total. The number of nitrogens with one attached hydrogen (secondary N) is 1. The van der Waals surface area contributed by atoms with Gasteiger partial charge < -0.3 is 15.3 Å². The highest BCUT2D eigenvalue weighted by atomic mass is 19.1. The molecule has 0 saturated heterocycles. The van der Waals surface area contributed by atoms with E-state index in [1.807, 2.05) is 19.1 Å². The first-order chi connectivity index (χ1) is 10.2. The molecule has 0 aromatic heterocycles. The van der Waals surface area contributed by atoms with Gasteiger partial charge in [0, 0.05) is 19.1 Å². The summed E-state index contributed by atoms with van der Waals surface area (Å²) in [6.45, 7) is 3.57. The average Bonchev–Trinajstić information content (AvgIpc) is 3.38. The van der Waals surface area contributed by atoms with Gasteiger partial charge in [0.15, 0.2) is 0 Å². The van der Waals surface area contributed by atoms with Crippen molar-refractivity contribution in [2.45, 2.75) is 44.2 Å². The van der Waals surface area contributed by atoms with Crippen LogP contribution in [-0.4, -0.2) is 36.4 Å². The van der Waals surface area contributed by atoms with Crippen molar-refractivity contribution in [2.75, 3.05) is 24.6 Å². The summed E-state index contributed by atoms with van der Waals surface area (Å²) in [7, 11) is 0. The van der Waals surface area contributed by atoms with Gasteiger partial charge in [-0.2, -0.15) is 0 Å². The molecule has 0 radical (unpaired) electrons. The summed E-state index contributed by atoms with van der Waals surface area (Å²) in [5.74, 6) is 0.331. The lowest BCUT2D eigenvalue weighted by molar-refractivity contribution is 0.141. The minimum atomic E-state index is -0.278. The first kappa shape index (κ1) is 14.8. The lowest BCUT2D eigenvalue weighted by Gasteiger charge is -2.39. The summed E-state index contributed by atoms with van der Waals surface area (Å²) in [6, 6.07) is 7.45. The molecule has 0 heterocycles. The SMILES string of the molecule is CCN(CC(CO)(NC1CC1)C1CC1)c1ccccc1F. The quantitative estimate of drug-likeness (QED) is 0.773. The number of rotatable bonds is 8. The minimum absolute atomic E-state index is 0.124. The highest BCUT2D eigenvalue weighted by Crippen LogP contribution is 2.42. The molecule has 2 N–H and O–H groups in total. The standard InChI is InChI=1S/C17H25FN2O/c1-2-20(16-6-4-3-5-15(16)18)11-17(12-21,13-7-8-13)19-14-9-10-14/h3-6,13-14,19,21H,2,7-12H2,1H3. The summed E-state index contributed by atoms with van der Waals surface area (Å²) >= 11 is 0. The molecule has 3 rings (SSSR count). The molecular weight excluding hydrogens is 267 g/mol. The number of hydrogen-bond acceptors (Lipinski definition) is 3. The Balaban J connectivity index is 1.80. The molecule has 0 spiro atoms. The predicted octanol–water partition coefficient (Wildman–Crippen LogP) is 2.55. The molecule has 2 fully saturated rings. The van der Waals surface area contributed by atoms with Crippen molar-refractivity contribution in [1.29, 1.82) is 0 Å². The zero-order valence-corrected chi connectivity index (χ0v) is 12.7. The zero-order chi connectivity index (χ0) is 14.9. The van der Waals surface area contributed by atoms with Crippen LogP contribution in [0.4, 0.5) is 10.1 Å². The van der Waals surface area contributed by atoms with Crippen LogP contribution in [-0.2, 0) is 0 Å². The molecule has 21 heavy (non-hydrogen) atoms. The monoisotopic (exact) mass is 292 g/mol. The van der Waals surface area contributed by atoms with Crippen molar-refractivity contribution in [3.8, 4) is 0 Å². The van der Waals surface area contributed by atoms with Crippen molar-refractivity contribution in [3.63, 3.8) is 0 Å². The van der Waals surface area contributed by atoms with Gasteiger partial charge in [-0.25, -0.2) is 4.39 Å². The van der Waals surface area contributed by atoms with Gasteiger partial charge in [0.2, 0.25) is 0 Å². The van der Waals surface area contributed by atoms with Crippen LogP contribution in [0, 0.1) is 11.7 Å². The van der Waals surface area contributed by atoms with Gasteiger partial charge in [0.05, 0.1) is 17.8 Å². The Morgan fingerprint density at radius 1 is 1.29 bits per heavy atom. The number of halogens is 1. The average molecular weight is 292 g/mol. The molecule has 116 valence electrons. The highest BCUT2D eigenvalue weighted by molar-refractivity contribution is 5.48. The van der Waals surface area contributed by atoms with Crippen LogP contribution in [0.3, 0.4) is 0 Å². The summed E-state index contributed by atoms with van der Waals surface area (Å²) in [5, 5.41) is 13.7. The fourth-order valence-corrected chi connectivity index (χ4v) is 3.20. The van der Waals surface area contributed by atoms with E-state index in [0.717, 1.165) is 19.4 Å². The number of nitrogens with zero attached hydrogens (tertiary/aromatic N) is 1. The van der Waals surface area contributed by atoms with E-state index in [-0.39, 0.29) is 18.0 Å². The van der Waals surface area contributed by atoms with E-state index in [1.165, 1.54) is 18.9 Å². The third-order valence-corrected chi connectivity index (χ3v) is 4.76. The Hall–Kier alpha value is -1.13. The third-order valence-electron chi connectivity index (χ3n) is 4.76. The Labute approximate surface area is 126 Å². The van der Waals surface area contributed by atoms with E-state index >= 15 is 0 Å². The third kappa shape index (κ3) is 3.22. The van der Waals surface area contributed by atoms with E-state index < -0.39 is 0 Å². The summed E-state index contributed by atoms with van der Waals surface area (Å²) < 4.78 is 14.1. The van der Waals surface area contributed by atoms with Gasteiger partial charge in [-0.05, 0) is 50.7 Å². The van der Waals surface area contributed by atoms with Gasteiger partial charge in [-0.1, -0.05) is 12.1 Å². The van der Waals surface area contributed by atoms with Gasteiger partial charge in [0.1, 0.15) is 5.82 Å². The second kappa shape index (κ2) is 5.93. The Morgan fingerprint density at radius 2 is 2.00 bits per heavy atom. The van der Waals surface area contributed by atoms with Crippen LogP contribution in [0.5, 0.6) is 0 Å². The number of hydrogen-bond donors (Lipinski definition) is 2. The number of aliphatic hydroxyl groups is 1. The van der Waals surface area contributed by atoms with Crippen molar-refractivity contribution >= 4 is 5.69 Å². The lowest BCUT2D eigenvalue weighted by atomic mass is 9.92. The minimum Gasteiger partial charge on any atom is -0.394 e. The van der Waals surface area contributed by atoms with E-state index in [2.05, 4.69) is 10.2 Å². The van der Waals surface area contributed by atoms with Gasteiger partial charge in [-0.15, -0.1) is 0 Å². The fourth-order valence-electron chi connectivity index (χ4n) is 3.20. The molecule has 2 aliphatic carbocycles. The second-order valence-corrected chi connectivity index (χ2v) is 6.47. The zero-order valence-electron chi connectivity index (χ0n) is 12.7. The number of anilines is 1. The molecule has 0 amide bonds. The Bertz CT molecular complexity index is 487. The largest absolute Gasteiger partial charge is 0.394 e. The van der Waals surface area contributed by atoms with Crippen molar-refractivity contribution in [3.05, 3.63) is 30.1 Å². The van der Waals surface area contributed by atoms with Crippen LogP contribution < -0.4 is 10.2 Å². The molecule has 0 aliphatic heterocycles. The molecule has 1 unspecified atom stereocenters. The van der Waals surface area contributed by atoms with Crippen molar-refractivity contribution in [1.82, 2.24) is 5.32 Å². The first-order valence-corrected chi connectivity index (χ1v) is 8.06. The Kier molecular flexibility index (Phi) is 4.18. The highest BCUT2D eigenvalue weighted by Gasteiger charge is 2.48. The van der Waals surface area contributed by atoms with E-state index in [4.69, 9.17) is 0 Å². The van der Waals surface area contributed by atoms with Crippen LogP contribution >= 0.6 is 0 Å². The summed E-state index contributed by atoms with van der Waals surface area (Å²) in [6.07, 6.45) is 4.71. The smallest absolute Gasteiger partial charge is 0.146 e. The van der Waals surface area contributed by atoms with E-state index in [1.54, 1.807) is 6.07 Å². The summed E-state index contributed by atoms with van der Waals surface area (Å²) in [4.78, 5) is 2.05. The lowest BCUT2D eigenvalue weighted by Crippen LogP contribution is -2.59. The van der Waals surface area contributed by atoms with Crippen LogP contribution in [0.25, 0.3) is 0 Å². The normalized spacial score (nSPS) is 21.1. The molecular formula is C17H25FN2O. The maximum atomic E-state index is 14.1. The van der Waals surface area contributed by atoms with E-state index in [9.17, 15) is 9.50 Å². The molecule has 1 aromatic rings. The molecule has 0 bridgehead atoms. The molecule has 2 saturated carbocycles. The number of para-hydroxylation sites is 1. The number of likely N-dealkylation sites (N-methyl/N-ethyl adjacent to an activating group) is 1. The van der Waals surface area contributed by atoms with Crippen LogP contribution in [0.2, 0.25) is 0 Å². The first-order valence-electron chi connectivity index (χ1n) is 8.06. The van der Waals surface area contributed by atoms with Crippen LogP contribution in [0.1, 0.15) is 32.6 Å². The van der Waals surface area contributed by atoms with E-state index in [0.29, 0.717) is 24.2 Å².